The number of allylic oxidation sites excluding steroid dienone is 3. The Morgan fingerprint density at radius 2 is 1.93 bits per heavy atom. The molecule has 0 saturated carbocycles. The van der Waals surface area contributed by atoms with E-state index in [0.717, 1.165) is 34.3 Å². The first-order valence-electron chi connectivity index (χ1n) is 14.2. The Balaban J connectivity index is 1.27. The monoisotopic (exact) mass is 598 g/mol. The molecule has 0 spiro atoms. The number of amides is 2. The predicted molar refractivity (Wildman–Crippen MR) is 163 cm³/mol. The largest absolute Gasteiger partial charge is 0.484 e. The lowest BCUT2D eigenvalue weighted by Crippen LogP contribution is -2.28. The summed E-state index contributed by atoms with van der Waals surface area (Å²) >= 11 is 0. The number of H-pyrrole nitrogens is 1. The molecule has 2 N–H and O–H groups in total. The van der Waals surface area contributed by atoms with E-state index in [-0.39, 0.29) is 42.8 Å². The van der Waals surface area contributed by atoms with Crippen molar-refractivity contribution < 1.29 is 27.9 Å². The van der Waals surface area contributed by atoms with Crippen LogP contribution < -0.4 is 10.1 Å². The molecule has 8 nitrogen and oxygen atoms in total. The van der Waals surface area contributed by atoms with Gasteiger partial charge in [-0.1, -0.05) is 18.2 Å². The van der Waals surface area contributed by atoms with E-state index in [4.69, 9.17) is 4.74 Å². The summed E-state index contributed by atoms with van der Waals surface area (Å²) < 4.78 is 32.6. The number of halogens is 2. The first-order chi connectivity index (χ1) is 21.2. The average Bonchev–Trinajstić information content (AvgIpc) is 3.35. The average molecular weight is 599 g/mol. The number of likely N-dealkylation sites (N-methyl/N-ethyl adjacent to an activating group) is 1. The zero-order chi connectivity index (χ0) is 31.2. The summed E-state index contributed by atoms with van der Waals surface area (Å²) in [6.45, 7) is -0.0398. The molecule has 10 heteroatoms. The summed E-state index contributed by atoms with van der Waals surface area (Å²) in [5.74, 6) is -2.50. The third-order valence-corrected chi connectivity index (χ3v) is 7.47. The summed E-state index contributed by atoms with van der Waals surface area (Å²) in [7, 11) is 3.30. The van der Waals surface area contributed by atoms with Gasteiger partial charge in [0, 0.05) is 50.4 Å². The normalized spacial score (nSPS) is 14.7. The number of Topliss-reactive ketones (excluding diaryl/α,β-unsaturated/α-hetero) is 1. The van der Waals surface area contributed by atoms with E-state index in [2.05, 4.69) is 15.3 Å². The Kier molecular flexibility index (Phi) is 9.28. The number of carbonyl (C=O) groups is 3. The summed E-state index contributed by atoms with van der Waals surface area (Å²) in [4.78, 5) is 47.3. The summed E-state index contributed by atoms with van der Waals surface area (Å²) in [5.41, 5.74) is 3.81. The van der Waals surface area contributed by atoms with Crippen LogP contribution in [0.1, 0.15) is 24.0 Å². The van der Waals surface area contributed by atoms with Crippen LogP contribution in [0.4, 0.5) is 8.78 Å². The maximum atomic E-state index is 13.6. The highest BCUT2D eigenvalue weighted by Gasteiger charge is 2.23. The van der Waals surface area contributed by atoms with Crippen molar-refractivity contribution in [1.29, 1.82) is 0 Å². The molecule has 2 amide bonds. The predicted octanol–water partition coefficient (Wildman–Crippen LogP) is 5.30. The van der Waals surface area contributed by atoms with Gasteiger partial charge in [-0.05, 0) is 84.0 Å². The van der Waals surface area contributed by atoms with Crippen molar-refractivity contribution in [1.82, 2.24) is 20.2 Å². The van der Waals surface area contributed by atoms with Gasteiger partial charge in [0.1, 0.15) is 11.4 Å². The van der Waals surface area contributed by atoms with Crippen LogP contribution in [0.25, 0.3) is 22.2 Å². The molecule has 0 bridgehead atoms. The molecule has 44 heavy (non-hydrogen) atoms. The molecule has 226 valence electrons. The van der Waals surface area contributed by atoms with Gasteiger partial charge in [-0.2, -0.15) is 0 Å². The van der Waals surface area contributed by atoms with E-state index in [9.17, 15) is 23.2 Å². The molecule has 0 radical (unpaired) electrons. The SMILES string of the molecule is CN(C)C(=O)COc1cc(CNC(=O)C2=CC=C[C@H](CCc3ccc(F)c(F)c3)CC2=O)cc(-c2c[nH]c3ncccc23)c1. The molecule has 0 fully saturated rings. The second-order valence-electron chi connectivity index (χ2n) is 10.9. The van der Waals surface area contributed by atoms with Gasteiger partial charge in [0.05, 0.1) is 5.57 Å². The van der Waals surface area contributed by atoms with Gasteiger partial charge in [-0.25, -0.2) is 13.8 Å². The number of hydrogen-bond acceptors (Lipinski definition) is 5. The quantitative estimate of drug-likeness (QED) is 0.241. The Bertz CT molecular complexity index is 1780. The number of pyridine rings is 1. The fraction of sp³-hybridized carbons (Fsp3) is 0.235. The van der Waals surface area contributed by atoms with Crippen molar-refractivity contribution in [3.05, 3.63) is 107 Å². The molecule has 0 unspecified atom stereocenters. The number of nitrogens with one attached hydrogen (secondary N) is 2. The van der Waals surface area contributed by atoms with Gasteiger partial charge >= 0.3 is 0 Å². The number of aryl methyl sites for hydroxylation is 1. The Morgan fingerprint density at radius 3 is 2.73 bits per heavy atom. The Hall–Kier alpha value is -5.12. The molecular formula is C34H32F2N4O4. The summed E-state index contributed by atoms with van der Waals surface area (Å²) in [6, 6.07) is 13.1. The van der Waals surface area contributed by atoms with Gasteiger partial charge in [0.2, 0.25) is 0 Å². The van der Waals surface area contributed by atoms with Crippen molar-refractivity contribution in [2.45, 2.75) is 25.8 Å². The third-order valence-electron chi connectivity index (χ3n) is 7.47. The van der Waals surface area contributed by atoms with Crippen molar-refractivity contribution in [3.8, 4) is 16.9 Å². The maximum Gasteiger partial charge on any atom is 0.259 e. The number of nitrogens with zero attached hydrogens (tertiary/aromatic N) is 2. The second kappa shape index (κ2) is 13.5. The molecule has 1 atom stereocenters. The summed E-state index contributed by atoms with van der Waals surface area (Å²) in [5, 5.41) is 3.75. The van der Waals surface area contributed by atoms with E-state index in [0.29, 0.717) is 29.7 Å². The number of hydrogen-bond donors (Lipinski definition) is 2. The lowest BCUT2D eigenvalue weighted by molar-refractivity contribution is -0.130. The van der Waals surface area contributed by atoms with Gasteiger partial charge in [0.15, 0.2) is 24.0 Å². The zero-order valence-electron chi connectivity index (χ0n) is 24.4. The number of aromatic nitrogens is 2. The number of benzene rings is 2. The number of ether oxygens (including phenoxy) is 1. The van der Waals surface area contributed by atoms with E-state index in [1.807, 2.05) is 36.5 Å². The lowest BCUT2D eigenvalue weighted by atomic mass is 9.93. The number of aromatic amines is 1. The molecule has 2 aromatic carbocycles. The van der Waals surface area contributed by atoms with Gasteiger partial charge < -0.3 is 19.9 Å². The van der Waals surface area contributed by atoms with E-state index in [1.165, 1.54) is 17.0 Å². The number of carbonyl (C=O) groups excluding carboxylic acids is 3. The van der Waals surface area contributed by atoms with Crippen LogP contribution in [0.2, 0.25) is 0 Å². The van der Waals surface area contributed by atoms with Crippen LogP contribution in [0.15, 0.2) is 84.7 Å². The van der Waals surface area contributed by atoms with Crippen LogP contribution in [0.3, 0.4) is 0 Å². The van der Waals surface area contributed by atoms with Crippen molar-refractivity contribution in [3.63, 3.8) is 0 Å². The fourth-order valence-electron chi connectivity index (χ4n) is 5.01. The standard InChI is InChI=1S/C34H32F2N4O4/c1-40(2)32(42)20-44-25-14-23(13-24(17-25)28-19-38-33-26(28)7-4-12-37-33)18-39-34(43)27-6-3-5-21(16-31(27)41)8-9-22-10-11-29(35)30(36)15-22/h3-7,10-15,17,19,21H,8-9,16,18,20H2,1-2H3,(H,37,38)(H,39,43)/t21-/m1/s1. The minimum Gasteiger partial charge on any atom is -0.484 e. The van der Waals surface area contributed by atoms with Crippen molar-refractivity contribution >= 4 is 28.6 Å². The van der Waals surface area contributed by atoms with Crippen LogP contribution in [0, 0.1) is 17.6 Å². The van der Waals surface area contributed by atoms with Crippen LogP contribution in [-0.2, 0) is 27.3 Å². The zero-order valence-corrected chi connectivity index (χ0v) is 24.4. The Labute approximate surface area is 253 Å². The molecular weight excluding hydrogens is 566 g/mol. The first-order valence-corrected chi connectivity index (χ1v) is 14.2. The van der Waals surface area contributed by atoms with Crippen LogP contribution in [0.5, 0.6) is 5.75 Å². The topological polar surface area (TPSA) is 104 Å². The molecule has 1 aliphatic rings. The smallest absolute Gasteiger partial charge is 0.259 e. The fourth-order valence-corrected chi connectivity index (χ4v) is 5.01. The van der Waals surface area contributed by atoms with Crippen LogP contribution in [-0.4, -0.2) is 53.2 Å². The van der Waals surface area contributed by atoms with E-state index >= 15 is 0 Å². The maximum absolute atomic E-state index is 13.6. The molecule has 1 aliphatic carbocycles. The van der Waals surface area contributed by atoms with Gasteiger partial charge in [-0.3, -0.25) is 14.4 Å². The molecule has 0 aliphatic heterocycles. The number of rotatable bonds is 10. The minimum atomic E-state index is -0.902. The molecule has 0 saturated heterocycles. The molecule has 4 aromatic rings. The summed E-state index contributed by atoms with van der Waals surface area (Å²) in [6.07, 6.45) is 9.73. The van der Waals surface area contributed by atoms with E-state index < -0.39 is 17.5 Å². The molecule has 2 aromatic heterocycles. The molecule has 5 rings (SSSR count). The minimum absolute atomic E-state index is 0.0449. The van der Waals surface area contributed by atoms with Gasteiger partial charge in [-0.15, -0.1) is 0 Å². The van der Waals surface area contributed by atoms with Crippen LogP contribution >= 0.6 is 0 Å². The van der Waals surface area contributed by atoms with Crippen molar-refractivity contribution in [2.75, 3.05) is 20.7 Å². The van der Waals surface area contributed by atoms with Crippen molar-refractivity contribution in [2.24, 2.45) is 5.92 Å². The highest BCUT2D eigenvalue weighted by molar-refractivity contribution is 6.19. The molecule has 2 heterocycles. The highest BCUT2D eigenvalue weighted by atomic mass is 19.2. The number of fused-ring (bicyclic) bond motifs is 1. The lowest BCUT2D eigenvalue weighted by Gasteiger charge is -2.14. The Morgan fingerprint density at radius 1 is 1.09 bits per heavy atom. The van der Waals surface area contributed by atoms with E-state index in [1.54, 1.807) is 32.4 Å². The number of ketones is 1. The second-order valence-corrected chi connectivity index (χ2v) is 10.9. The van der Waals surface area contributed by atoms with Gasteiger partial charge in [0.25, 0.3) is 11.8 Å². The first kappa shape index (κ1) is 30.3. The highest BCUT2D eigenvalue weighted by Crippen LogP contribution is 2.31. The third kappa shape index (κ3) is 7.26.